The van der Waals surface area contributed by atoms with E-state index in [1.165, 1.54) is 10.1 Å². The van der Waals surface area contributed by atoms with Gasteiger partial charge in [-0.05, 0) is 25.5 Å². The van der Waals surface area contributed by atoms with Crippen molar-refractivity contribution in [2.24, 2.45) is 5.10 Å². The molecule has 0 saturated heterocycles. The van der Waals surface area contributed by atoms with E-state index in [1.807, 2.05) is 43.1 Å². The van der Waals surface area contributed by atoms with E-state index in [-0.39, 0.29) is 17.1 Å². The molecule has 0 bridgehead atoms. The molecule has 0 radical (unpaired) electrons. The van der Waals surface area contributed by atoms with Crippen molar-refractivity contribution >= 4 is 17.4 Å². The molecule has 1 aliphatic heterocycles. The Balaban J connectivity index is 1.48. The highest BCUT2D eigenvalue weighted by molar-refractivity contribution is 5.73. The summed E-state index contributed by atoms with van der Waals surface area (Å²) in [5, 5.41) is 6.24. The van der Waals surface area contributed by atoms with Crippen LogP contribution in [0.15, 0.2) is 39.0 Å². The second-order valence-corrected chi connectivity index (χ2v) is 7.12. The summed E-state index contributed by atoms with van der Waals surface area (Å²) in [7, 11) is 0. The first-order chi connectivity index (χ1) is 14.0. The van der Waals surface area contributed by atoms with Crippen LogP contribution in [0.1, 0.15) is 36.2 Å². The molecule has 8 heteroatoms. The lowest BCUT2D eigenvalue weighted by molar-refractivity contribution is 0.347. The van der Waals surface area contributed by atoms with Crippen molar-refractivity contribution in [3.63, 3.8) is 0 Å². The second kappa shape index (κ2) is 7.80. The zero-order valence-corrected chi connectivity index (χ0v) is 16.4. The fourth-order valence-electron chi connectivity index (χ4n) is 3.26. The van der Waals surface area contributed by atoms with Crippen LogP contribution in [0.2, 0.25) is 0 Å². The SMILES string of the molecule is CCCn1c(=O)[nH]c2nc(C3C=NN(CC#Cc4ccc(C)cc4)C3)[nH]c2c1=O. The molecule has 4 rings (SSSR count). The Morgan fingerprint density at radius 2 is 2.00 bits per heavy atom. The quantitative estimate of drug-likeness (QED) is 0.661. The third-order valence-corrected chi connectivity index (χ3v) is 4.81. The summed E-state index contributed by atoms with van der Waals surface area (Å²) in [4.78, 5) is 34.8. The maximum Gasteiger partial charge on any atom is 0.330 e. The summed E-state index contributed by atoms with van der Waals surface area (Å²) >= 11 is 0. The van der Waals surface area contributed by atoms with Gasteiger partial charge in [-0.15, -0.1) is 0 Å². The topological polar surface area (TPSA) is 99.1 Å². The number of fused-ring (bicyclic) bond motifs is 1. The Labute approximate surface area is 167 Å². The van der Waals surface area contributed by atoms with Gasteiger partial charge in [0.05, 0.1) is 19.0 Å². The second-order valence-electron chi connectivity index (χ2n) is 7.12. The third-order valence-electron chi connectivity index (χ3n) is 4.81. The number of benzene rings is 1. The number of nitrogens with one attached hydrogen (secondary N) is 2. The van der Waals surface area contributed by atoms with Crippen molar-refractivity contribution in [3.8, 4) is 11.8 Å². The van der Waals surface area contributed by atoms with E-state index in [1.54, 1.807) is 6.21 Å². The largest absolute Gasteiger partial charge is 0.336 e. The highest BCUT2D eigenvalue weighted by Gasteiger charge is 2.23. The lowest BCUT2D eigenvalue weighted by atomic mass is 10.1. The number of aryl methyl sites for hydroxylation is 1. The molecule has 1 aromatic carbocycles. The van der Waals surface area contributed by atoms with Gasteiger partial charge in [-0.3, -0.25) is 19.4 Å². The first-order valence-corrected chi connectivity index (χ1v) is 9.62. The van der Waals surface area contributed by atoms with Gasteiger partial charge in [0.15, 0.2) is 5.65 Å². The van der Waals surface area contributed by atoms with Crippen LogP contribution in [-0.2, 0) is 6.54 Å². The molecule has 0 aliphatic carbocycles. The molecular formula is C21H22N6O2. The van der Waals surface area contributed by atoms with E-state index >= 15 is 0 Å². The molecule has 1 aliphatic rings. The number of aromatic nitrogens is 4. The highest BCUT2D eigenvalue weighted by Crippen LogP contribution is 2.18. The minimum absolute atomic E-state index is 0.0916. The van der Waals surface area contributed by atoms with Crippen molar-refractivity contribution in [1.29, 1.82) is 0 Å². The minimum atomic E-state index is -0.435. The van der Waals surface area contributed by atoms with Crippen LogP contribution in [0.3, 0.4) is 0 Å². The van der Waals surface area contributed by atoms with Crippen LogP contribution in [-0.4, -0.2) is 43.8 Å². The van der Waals surface area contributed by atoms with Crippen LogP contribution in [0, 0.1) is 18.8 Å². The normalized spacial score (nSPS) is 15.7. The molecule has 0 saturated carbocycles. The number of imidazole rings is 1. The lowest BCUT2D eigenvalue weighted by Crippen LogP contribution is -2.34. The van der Waals surface area contributed by atoms with Gasteiger partial charge in [-0.2, -0.15) is 5.10 Å². The Morgan fingerprint density at radius 3 is 2.76 bits per heavy atom. The molecule has 0 spiro atoms. The molecular weight excluding hydrogens is 368 g/mol. The van der Waals surface area contributed by atoms with Gasteiger partial charge in [-0.25, -0.2) is 9.78 Å². The number of hydrazone groups is 1. The number of aromatic amines is 2. The number of nitrogens with zero attached hydrogens (tertiary/aromatic N) is 4. The Bertz CT molecular complexity index is 1240. The van der Waals surface area contributed by atoms with E-state index in [0.717, 1.165) is 5.56 Å². The zero-order chi connectivity index (χ0) is 20.4. The minimum Gasteiger partial charge on any atom is -0.336 e. The summed E-state index contributed by atoms with van der Waals surface area (Å²) in [5.41, 5.74) is 2.00. The summed E-state index contributed by atoms with van der Waals surface area (Å²) < 4.78 is 1.19. The van der Waals surface area contributed by atoms with Gasteiger partial charge >= 0.3 is 5.69 Å². The zero-order valence-electron chi connectivity index (χ0n) is 16.4. The molecule has 1 unspecified atom stereocenters. The standard InChI is InChI=1S/C21H22N6O2/c1-3-10-27-20(28)17-19(25-21(27)29)24-18(23-17)16-12-22-26(13-16)11-4-5-15-8-6-14(2)7-9-15/h6-9,12,16H,3,10-11,13H2,1-2H3,(H,23,24)(H,25,29). The van der Waals surface area contributed by atoms with Gasteiger partial charge in [0.1, 0.15) is 11.3 Å². The van der Waals surface area contributed by atoms with Crippen molar-refractivity contribution in [3.05, 3.63) is 62.1 Å². The van der Waals surface area contributed by atoms with Gasteiger partial charge in [-0.1, -0.05) is 36.5 Å². The van der Waals surface area contributed by atoms with Crippen molar-refractivity contribution in [2.75, 3.05) is 13.1 Å². The van der Waals surface area contributed by atoms with Crippen molar-refractivity contribution in [1.82, 2.24) is 24.5 Å². The van der Waals surface area contributed by atoms with E-state index in [4.69, 9.17) is 0 Å². The lowest BCUT2D eigenvalue weighted by Gasteiger charge is -2.11. The predicted molar refractivity (Wildman–Crippen MR) is 112 cm³/mol. The summed E-state index contributed by atoms with van der Waals surface area (Å²) in [6.45, 7) is 5.44. The van der Waals surface area contributed by atoms with Crippen molar-refractivity contribution < 1.29 is 0 Å². The van der Waals surface area contributed by atoms with Crippen LogP contribution in [0.4, 0.5) is 0 Å². The van der Waals surface area contributed by atoms with Crippen LogP contribution < -0.4 is 11.2 Å². The van der Waals surface area contributed by atoms with Crippen LogP contribution in [0.5, 0.6) is 0 Å². The first-order valence-electron chi connectivity index (χ1n) is 9.62. The molecule has 3 aromatic rings. The van der Waals surface area contributed by atoms with Gasteiger partial charge in [0, 0.05) is 18.3 Å². The monoisotopic (exact) mass is 390 g/mol. The molecule has 148 valence electrons. The number of H-pyrrole nitrogens is 2. The van der Waals surface area contributed by atoms with Gasteiger partial charge < -0.3 is 4.98 Å². The smallest absolute Gasteiger partial charge is 0.330 e. The number of hydrogen-bond acceptors (Lipinski definition) is 5. The van der Waals surface area contributed by atoms with E-state index in [0.29, 0.717) is 37.4 Å². The fourth-order valence-corrected chi connectivity index (χ4v) is 3.26. The molecule has 29 heavy (non-hydrogen) atoms. The van der Waals surface area contributed by atoms with E-state index in [2.05, 4.69) is 31.9 Å². The maximum absolute atomic E-state index is 12.5. The molecule has 1 atom stereocenters. The molecule has 8 nitrogen and oxygen atoms in total. The number of rotatable bonds is 4. The summed E-state index contributed by atoms with van der Waals surface area (Å²) in [6, 6.07) is 8.07. The van der Waals surface area contributed by atoms with Crippen molar-refractivity contribution in [2.45, 2.75) is 32.7 Å². The Hall–Kier alpha value is -3.60. The van der Waals surface area contributed by atoms with Crippen LogP contribution >= 0.6 is 0 Å². The molecule has 0 amide bonds. The Morgan fingerprint density at radius 1 is 1.21 bits per heavy atom. The molecule has 2 aromatic heterocycles. The van der Waals surface area contributed by atoms with E-state index in [9.17, 15) is 9.59 Å². The first kappa shape index (κ1) is 18.7. The highest BCUT2D eigenvalue weighted by atomic mass is 16.2. The van der Waals surface area contributed by atoms with Gasteiger partial charge in [0.25, 0.3) is 5.56 Å². The maximum atomic E-state index is 12.5. The van der Waals surface area contributed by atoms with E-state index < -0.39 is 5.69 Å². The average Bonchev–Trinajstić information content (AvgIpc) is 3.34. The molecule has 3 heterocycles. The summed E-state index contributed by atoms with van der Waals surface area (Å²) in [6.07, 6.45) is 2.48. The predicted octanol–water partition coefficient (Wildman–Crippen LogP) is 1.57. The molecule has 0 fully saturated rings. The molecule has 2 N–H and O–H groups in total. The Kier molecular flexibility index (Phi) is 5.04. The fraction of sp³-hybridized carbons (Fsp3) is 0.333. The third kappa shape index (κ3) is 3.85. The van der Waals surface area contributed by atoms with Crippen LogP contribution in [0.25, 0.3) is 11.2 Å². The summed E-state index contributed by atoms with van der Waals surface area (Å²) in [5.74, 6) is 6.78. The number of hydrogen-bond donors (Lipinski definition) is 2. The van der Waals surface area contributed by atoms with Gasteiger partial charge in [0.2, 0.25) is 0 Å². The average molecular weight is 390 g/mol.